The maximum absolute atomic E-state index is 12.5. The van der Waals surface area contributed by atoms with Crippen LogP contribution >= 0.6 is 0 Å². The molecule has 0 bridgehead atoms. The lowest BCUT2D eigenvalue weighted by molar-refractivity contribution is -0.136. The summed E-state index contributed by atoms with van der Waals surface area (Å²) in [5.41, 5.74) is 1.84. The molecule has 1 saturated heterocycles. The second-order valence-corrected chi connectivity index (χ2v) is 7.51. The molecular weight excluding hydrogens is 372 g/mol. The highest BCUT2D eigenvalue weighted by Gasteiger charge is 2.28. The van der Waals surface area contributed by atoms with E-state index in [0.29, 0.717) is 32.1 Å². The summed E-state index contributed by atoms with van der Waals surface area (Å²) in [6.45, 7) is 4.65. The zero-order valence-corrected chi connectivity index (χ0v) is 17.3. The van der Waals surface area contributed by atoms with Gasteiger partial charge in [0, 0.05) is 38.3 Å². The third-order valence-corrected chi connectivity index (χ3v) is 5.34. The van der Waals surface area contributed by atoms with Gasteiger partial charge in [-0.05, 0) is 38.4 Å². The van der Waals surface area contributed by atoms with Crippen LogP contribution in [0.2, 0.25) is 0 Å². The fourth-order valence-corrected chi connectivity index (χ4v) is 3.66. The number of Topliss-reactive ketones (excluding diaryl/α,β-unsaturated/α-hetero) is 1. The highest BCUT2D eigenvalue weighted by molar-refractivity contribution is 5.91. The Bertz CT molecular complexity index is 744. The van der Waals surface area contributed by atoms with Gasteiger partial charge in [-0.2, -0.15) is 0 Å². The number of para-hydroxylation sites is 1. The molecule has 8 nitrogen and oxygen atoms in total. The normalized spacial score (nSPS) is 15.7. The lowest BCUT2D eigenvalue weighted by Crippen LogP contribution is -2.48. The number of amides is 3. The SMILES string of the molecule is CC(=O)N[C@@H](CC(=O)N1CCC(N(C)Cc2ccccc2NC=O)CC1)C(C)=O. The first kappa shape index (κ1) is 22.5. The van der Waals surface area contributed by atoms with Crippen LogP contribution in [-0.4, -0.2) is 66.0 Å². The second-order valence-electron chi connectivity index (χ2n) is 7.51. The number of carbonyl (C=O) groups is 4. The number of nitrogens with zero attached hydrogens (tertiary/aromatic N) is 2. The second kappa shape index (κ2) is 10.7. The number of likely N-dealkylation sites (tertiary alicyclic amines) is 1. The number of anilines is 1. The minimum atomic E-state index is -0.762. The van der Waals surface area contributed by atoms with Crippen LogP contribution in [0.15, 0.2) is 24.3 Å². The van der Waals surface area contributed by atoms with E-state index >= 15 is 0 Å². The highest BCUT2D eigenvalue weighted by Crippen LogP contribution is 2.21. The van der Waals surface area contributed by atoms with Crippen molar-refractivity contribution in [2.75, 3.05) is 25.5 Å². The Morgan fingerprint density at radius 2 is 1.86 bits per heavy atom. The fraction of sp³-hybridized carbons (Fsp3) is 0.524. The monoisotopic (exact) mass is 402 g/mol. The molecule has 1 aliphatic rings. The predicted molar refractivity (Wildman–Crippen MR) is 110 cm³/mol. The molecule has 2 N–H and O–H groups in total. The van der Waals surface area contributed by atoms with Crippen LogP contribution in [0.3, 0.4) is 0 Å². The number of hydrogen-bond donors (Lipinski definition) is 2. The molecule has 3 amide bonds. The summed E-state index contributed by atoms with van der Waals surface area (Å²) >= 11 is 0. The molecular formula is C21H30N4O4. The molecule has 29 heavy (non-hydrogen) atoms. The van der Waals surface area contributed by atoms with Crippen LogP contribution in [0, 0.1) is 0 Å². The topological polar surface area (TPSA) is 98.8 Å². The van der Waals surface area contributed by atoms with Crippen molar-refractivity contribution >= 4 is 29.7 Å². The molecule has 1 aromatic rings. The number of piperidine rings is 1. The van der Waals surface area contributed by atoms with Crippen molar-refractivity contribution < 1.29 is 19.2 Å². The van der Waals surface area contributed by atoms with E-state index < -0.39 is 6.04 Å². The number of nitrogens with one attached hydrogen (secondary N) is 2. The zero-order chi connectivity index (χ0) is 21.4. The van der Waals surface area contributed by atoms with Crippen molar-refractivity contribution in [3.63, 3.8) is 0 Å². The lowest BCUT2D eigenvalue weighted by Gasteiger charge is -2.37. The molecule has 0 unspecified atom stereocenters. The van der Waals surface area contributed by atoms with E-state index in [-0.39, 0.29) is 24.0 Å². The molecule has 8 heteroatoms. The Morgan fingerprint density at radius 1 is 1.21 bits per heavy atom. The molecule has 158 valence electrons. The van der Waals surface area contributed by atoms with Crippen LogP contribution in [0.4, 0.5) is 5.69 Å². The van der Waals surface area contributed by atoms with Crippen molar-refractivity contribution in [1.82, 2.24) is 15.1 Å². The first-order valence-electron chi connectivity index (χ1n) is 9.85. The molecule has 2 rings (SSSR count). The first-order valence-corrected chi connectivity index (χ1v) is 9.85. The van der Waals surface area contributed by atoms with E-state index in [1.807, 2.05) is 31.3 Å². The van der Waals surface area contributed by atoms with Gasteiger partial charge < -0.3 is 15.5 Å². The Balaban J connectivity index is 1.88. The van der Waals surface area contributed by atoms with Gasteiger partial charge in [0.25, 0.3) is 0 Å². The molecule has 0 saturated carbocycles. The Kier molecular flexibility index (Phi) is 8.33. The summed E-state index contributed by atoms with van der Waals surface area (Å²) in [5.74, 6) is -0.644. The summed E-state index contributed by atoms with van der Waals surface area (Å²) in [6, 6.07) is 7.25. The van der Waals surface area contributed by atoms with Crippen molar-refractivity contribution in [3.05, 3.63) is 29.8 Å². The number of carbonyl (C=O) groups excluding carboxylic acids is 4. The highest BCUT2D eigenvalue weighted by atomic mass is 16.2. The van der Waals surface area contributed by atoms with Crippen LogP contribution < -0.4 is 10.6 Å². The van der Waals surface area contributed by atoms with Crippen LogP contribution in [0.1, 0.15) is 38.7 Å². The fourth-order valence-electron chi connectivity index (χ4n) is 3.66. The molecule has 1 aliphatic heterocycles. The van der Waals surface area contributed by atoms with Crippen LogP contribution in [0.5, 0.6) is 0 Å². The molecule has 1 heterocycles. The standard InChI is InChI=1S/C21H30N4O4/c1-15(27)20(23-16(2)28)12-21(29)25-10-8-18(9-11-25)24(3)13-17-6-4-5-7-19(17)22-14-26/h4-7,14,18,20H,8-13H2,1-3H3,(H,22,26)(H,23,28)/t20-/m0/s1. The van der Waals surface area contributed by atoms with Gasteiger partial charge >= 0.3 is 0 Å². The molecule has 1 atom stereocenters. The summed E-state index contributed by atoms with van der Waals surface area (Å²) in [4.78, 5) is 50.2. The molecule has 1 fully saturated rings. The first-order chi connectivity index (χ1) is 13.8. The molecule has 0 aromatic heterocycles. The minimum Gasteiger partial charge on any atom is -0.346 e. The summed E-state index contributed by atoms with van der Waals surface area (Å²) in [7, 11) is 2.04. The maximum Gasteiger partial charge on any atom is 0.225 e. The largest absolute Gasteiger partial charge is 0.346 e. The summed E-state index contributed by atoms with van der Waals surface area (Å²) < 4.78 is 0. The van der Waals surface area contributed by atoms with Crippen molar-refractivity contribution in [3.8, 4) is 0 Å². The third-order valence-electron chi connectivity index (χ3n) is 5.34. The Labute approximate surface area is 171 Å². The number of rotatable bonds is 9. The van der Waals surface area contributed by atoms with Gasteiger partial charge in [-0.1, -0.05) is 18.2 Å². The average molecular weight is 402 g/mol. The van der Waals surface area contributed by atoms with E-state index in [9.17, 15) is 19.2 Å². The van der Waals surface area contributed by atoms with Gasteiger partial charge in [-0.15, -0.1) is 0 Å². The Hall–Kier alpha value is -2.74. The predicted octanol–water partition coefficient (Wildman–Crippen LogP) is 1.16. The van der Waals surface area contributed by atoms with E-state index in [1.165, 1.54) is 13.8 Å². The Morgan fingerprint density at radius 3 is 2.45 bits per heavy atom. The summed E-state index contributed by atoms with van der Waals surface area (Å²) in [5, 5.41) is 5.27. The number of ketones is 1. The maximum atomic E-state index is 12.5. The van der Waals surface area contributed by atoms with E-state index in [0.717, 1.165) is 24.1 Å². The molecule has 0 radical (unpaired) electrons. The van der Waals surface area contributed by atoms with Crippen LogP contribution in [-0.2, 0) is 25.7 Å². The van der Waals surface area contributed by atoms with E-state index in [1.54, 1.807) is 4.90 Å². The van der Waals surface area contributed by atoms with Crippen molar-refractivity contribution in [1.29, 1.82) is 0 Å². The van der Waals surface area contributed by atoms with Gasteiger partial charge in [-0.25, -0.2) is 0 Å². The minimum absolute atomic E-state index is 0.000158. The van der Waals surface area contributed by atoms with Crippen LogP contribution in [0.25, 0.3) is 0 Å². The van der Waals surface area contributed by atoms with Crippen molar-refractivity contribution in [2.24, 2.45) is 0 Å². The molecule has 0 aliphatic carbocycles. The van der Waals surface area contributed by atoms with Crippen molar-refractivity contribution in [2.45, 2.75) is 51.7 Å². The van der Waals surface area contributed by atoms with Gasteiger partial charge in [0.15, 0.2) is 5.78 Å². The van der Waals surface area contributed by atoms with E-state index in [4.69, 9.17) is 0 Å². The zero-order valence-electron chi connectivity index (χ0n) is 17.3. The van der Waals surface area contributed by atoms with Gasteiger partial charge in [0.05, 0.1) is 12.5 Å². The number of hydrogen-bond acceptors (Lipinski definition) is 5. The lowest BCUT2D eigenvalue weighted by atomic mass is 10.0. The van der Waals surface area contributed by atoms with E-state index in [2.05, 4.69) is 15.5 Å². The van der Waals surface area contributed by atoms with Gasteiger partial charge in [-0.3, -0.25) is 24.1 Å². The summed E-state index contributed by atoms with van der Waals surface area (Å²) in [6.07, 6.45) is 2.34. The van der Waals surface area contributed by atoms with Gasteiger partial charge in [0.1, 0.15) is 0 Å². The smallest absolute Gasteiger partial charge is 0.225 e. The quantitative estimate of drug-likeness (QED) is 0.604. The van der Waals surface area contributed by atoms with Gasteiger partial charge in [0.2, 0.25) is 18.2 Å². The molecule has 0 spiro atoms. The average Bonchev–Trinajstić information content (AvgIpc) is 2.68. The number of benzene rings is 1. The third kappa shape index (κ3) is 6.67. The molecule has 1 aromatic carbocycles.